The van der Waals surface area contributed by atoms with Gasteiger partial charge < -0.3 is 18.9 Å². The van der Waals surface area contributed by atoms with E-state index in [1.54, 1.807) is 7.11 Å². The van der Waals surface area contributed by atoms with Crippen LogP contribution < -0.4 is 9.47 Å². The van der Waals surface area contributed by atoms with Crippen molar-refractivity contribution in [2.24, 2.45) is 0 Å². The maximum absolute atomic E-state index is 13.2. The number of hydrogen-bond acceptors (Lipinski definition) is 6. The van der Waals surface area contributed by atoms with Gasteiger partial charge in [-0.3, -0.25) is 9.69 Å². The van der Waals surface area contributed by atoms with Crippen LogP contribution >= 0.6 is 0 Å². The minimum atomic E-state index is -0.105. The molecule has 0 unspecified atom stereocenters. The lowest BCUT2D eigenvalue weighted by atomic mass is 10.1. The molecule has 1 aromatic heterocycles. The average molecular weight is 450 g/mol. The molecule has 1 aliphatic heterocycles. The molecule has 2 heterocycles. The Bertz CT molecular complexity index is 1120. The van der Waals surface area contributed by atoms with Crippen molar-refractivity contribution in [2.75, 3.05) is 33.3 Å². The number of ether oxygens (including phenoxy) is 2. The number of carbonyl (C=O) groups excluding carboxylic acids is 1. The average Bonchev–Trinajstić information content (AvgIpc) is 3.20. The SMILES string of the molecule is COc1cccc(CN2CCN(C(=O)c3noc(C)c3COc3ccc(C)c(C)c3)CC2)c1. The van der Waals surface area contributed by atoms with Gasteiger partial charge in [-0.1, -0.05) is 23.4 Å². The van der Waals surface area contributed by atoms with Gasteiger partial charge in [0.1, 0.15) is 23.9 Å². The zero-order valence-corrected chi connectivity index (χ0v) is 19.8. The second-order valence-corrected chi connectivity index (χ2v) is 8.52. The Morgan fingerprint density at radius 1 is 1.00 bits per heavy atom. The number of amides is 1. The zero-order valence-electron chi connectivity index (χ0n) is 19.8. The number of aryl methyl sites for hydroxylation is 3. The maximum atomic E-state index is 13.2. The number of carbonyl (C=O) groups is 1. The summed E-state index contributed by atoms with van der Waals surface area (Å²) in [5.41, 5.74) is 4.63. The monoisotopic (exact) mass is 449 g/mol. The summed E-state index contributed by atoms with van der Waals surface area (Å²) >= 11 is 0. The molecule has 1 saturated heterocycles. The van der Waals surface area contributed by atoms with E-state index in [2.05, 4.69) is 36.0 Å². The van der Waals surface area contributed by atoms with Gasteiger partial charge in [-0.2, -0.15) is 0 Å². The van der Waals surface area contributed by atoms with Crippen LogP contribution in [0.3, 0.4) is 0 Å². The highest BCUT2D eigenvalue weighted by atomic mass is 16.5. The highest BCUT2D eigenvalue weighted by Gasteiger charge is 2.28. The number of benzene rings is 2. The van der Waals surface area contributed by atoms with Crippen LogP contribution in [0.5, 0.6) is 11.5 Å². The van der Waals surface area contributed by atoms with Crippen molar-refractivity contribution in [1.82, 2.24) is 15.0 Å². The fourth-order valence-electron chi connectivity index (χ4n) is 3.98. The molecule has 174 valence electrons. The van der Waals surface area contributed by atoms with Crippen LogP contribution in [0.2, 0.25) is 0 Å². The first-order valence-corrected chi connectivity index (χ1v) is 11.2. The first kappa shape index (κ1) is 22.9. The third kappa shape index (κ3) is 5.37. The predicted octanol–water partition coefficient (Wildman–Crippen LogP) is 4.15. The molecule has 2 aromatic carbocycles. The number of aromatic nitrogens is 1. The molecule has 1 fully saturated rings. The topological polar surface area (TPSA) is 68.0 Å². The van der Waals surface area contributed by atoms with E-state index in [0.29, 0.717) is 30.1 Å². The Morgan fingerprint density at radius 3 is 2.52 bits per heavy atom. The Labute approximate surface area is 194 Å². The van der Waals surface area contributed by atoms with Gasteiger partial charge in [0.15, 0.2) is 5.69 Å². The molecular formula is C26H31N3O4. The van der Waals surface area contributed by atoms with Crippen molar-refractivity contribution in [3.8, 4) is 11.5 Å². The van der Waals surface area contributed by atoms with Crippen LogP contribution in [0.4, 0.5) is 0 Å². The van der Waals surface area contributed by atoms with E-state index in [9.17, 15) is 4.79 Å². The molecule has 0 N–H and O–H groups in total. The smallest absolute Gasteiger partial charge is 0.276 e. The molecule has 0 saturated carbocycles. The summed E-state index contributed by atoms with van der Waals surface area (Å²) in [5, 5.41) is 4.07. The molecule has 7 heteroatoms. The molecular weight excluding hydrogens is 418 g/mol. The number of hydrogen-bond donors (Lipinski definition) is 0. The maximum Gasteiger partial charge on any atom is 0.276 e. The highest BCUT2D eigenvalue weighted by molar-refractivity contribution is 5.93. The molecule has 0 atom stereocenters. The quantitative estimate of drug-likeness (QED) is 0.540. The predicted molar refractivity (Wildman–Crippen MR) is 126 cm³/mol. The van der Waals surface area contributed by atoms with E-state index in [1.807, 2.05) is 42.2 Å². The molecule has 1 amide bonds. The third-order valence-electron chi connectivity index (χ3n) is 6.25. The van der Waals surface area contributed by atoms with Gasteiger partial charge in [0, 0.05) is 32.7 Å². The van der Waals surface area contributed by atoms with Crippen LogP contribution in [0.25, 0.3) is 0 Å². The summed E-state index contributed by atoms with van der Waals surface area (Å²) in [7, 11) is 1.68. The normalized spacial score (nSPS) is 14.4. The van der Waals surface area contributed by atoms with Crippen molar-refractivity contribution >= 4 is 5.91 Å². The van der Waals surface area contributed by atoms with Gasteiger partial charge >= 0.3 is 0 Å². The summed E-state index contributed by atoms with van der Waals surface area (Å²) < 4.78 is 16.6. The lowest BCUT2D eigenvalue weighted by molar-refractivity contribution is 0.0616. The van der Waals surface area contributed by atoms with Gasteiger partial charge in [0.05, 0.1) is 12.7 Å². The van der Waals surface area contributed by atoms with E-state index in [4.69, 9.17) is 14.0 Å². The van der Waals surface area contributed by atoms with Gasteiger partial charge in [-0.25, -0.2) is 0 Å². The molecule has 0 bridgehead atoms. The van der Waals surface area contributed by atoms with Gasteiger partial charge in [-0.05, 0) is 61.7 Å². The number of nitrogens with zero attached hydrogens (tertiary/aromatic N) is 3. The molecule has 7 nitrogen and oxygen atoms in total. The van der Waals surface area contributed by atoms with E-state index in [-0.39, 0.29) is 12.5 Å². The van der Waals surface area contributed by atoms with Crippen LogP contribution in [0.1, 0.15) is 38.5 Å². The van der Waals surface area contributed by atoms with Crippen molar-refractivity contribution in [1.29, 1.82) is 0 Å². The largest absolute Gasteiger partial charge is 0.497 e. The standard InChI is InChI=1S/C26H31N3O4/c1-18-8-9-23(14-19(18)2)32-17-24-20(3)33-27-25(24)26(30)29-12-10-28(11-13-29)16-21-6-5-7-22(15-21)31-4/h5-9,14-15H,10-13,16-17H2,1-4H3. The summed E-state index contributed by atoms with van der Waals surface area (Å²) in [6.07, 6.45) is 0. The molecule has 0 spiro atoms. The summed E-state index contributed by atoms with van der Waals surface area (Å²) in [5.74, 6) is 2.13. The van der Waals surface area contributed by atoms with Gasteiger partial charge in [0.2, 0.25) is 0 Å². The molecule has 1 aliphatic rings. The fraction of sp³-hybridized carbons (Fsp3) is 0.385. The summed E-state index contributed by atoms with van der Waals surface area (Å²) in [6.45, 7) is 9.90. The minimum absolute atomic E-state index is 0.105. The molecule has 3 aromatic rings. The molecule has 4 rings (SSSR count). The van der Waals surface area contributed by atoms with E-state index >= 15 is 0 Å². The Kier molecular flexibility index (Phi) is 6.99. The zero-order chi connectivity index (χ0) is 23.4. The van der Waals surface area contributed by atoms with Crippen LogP contribution in [-0.4, -0.2) is 54.2 Å². The lowest BCUT2D eigenvalue weighted by Gasteiger charge is -2.34. The fourth-order valence-corrected chi connectivity index (χ4v) is 3.98. The first-order valence-electron chi connectivity index (χ1n) is 11.2. The third-order valence-corrected chi connectivity index (χ3v) is 6.25. The first-order chi connectivity index (χ1) is 15.9. The highest BCUT2D eigenvalue weighted by Crippen LogP contribution is 2.22. The minimum Gasteiger partial charge on any atom is -0.497 e. The van der Waals surface area contributed by atoms with Crippen LogP contribution in [-0.2, 0) is 13.2 Å². The Balaban J connectivity index is 1.36. The lowest BCUT2D eigenvalue weighted by Crippen LogP contribution is -2.48. The number of rotatable bonds is 7. The van der Waals surface area contributed by atoms with Crippen LogP contribution in [0, 0.1) is 20.8 Å². The Morgan fingerprint density at radius 2 is 1.79 bits per heavy atom. The molecule has 0 aliphatic carbocycles. The van der Waals surface area contributed by atoms with Gasteiger partial charge in [-0.15, -0.1) is 0 Å². The molecule has 33 heavy (non-hydrogen) atoms. The van der Waals surface area contributed by atoms with Crippen molar-refractivity contribution < 1.29 is 18.8 Å². The van der Waals surface area contributed by atoms with Crippen molar-refractivity contribution in [2.45, 2.75) is 33.9 Å². The number of methoxy groups -OCH3 is 1. The van der Waals surface area contributed by atoms with E-state index < -0.39 is 0 Å². The second-order valence-electron chi connectivity index (χ2n) is 8.52. The van der Waals surface area contributed by atoms with Crippen molar-refractivity contribution in [3.63, 3.8) is 0 Å². The van der Waals surface area contributed by atoms with Gasteiger partial charge in [0.25, 0.3) is 5.91 Å². The summed E-state index contributed by atoms with van der Waals surface area (Å²) in [4.78, 5) is 17.4. The Hall–Kier alpha value is -3.32. The van der Waals surface area contributed by atoms with E-state index in [0.717, 1.165) is 36.7 Å². The van der Waals surface area contributed by atoms with Crippen LogP contribution in [0.15, 0.2) is 47.0 Å². The summed E-state index contributed by atoms with van der Waals surface area (Å²) in [6, 6.07) is 14.1. The second kappa shape index (κ2) is 10.1. The number of piperazine rings is 1. The van der Waals surface area contributed by atoms with Crippen molar-refractivity contribution in [3.05, 3.63) is 76.2 Å². The van der Waals surface area contributed by atoms with E-state index in [1.165, 1.54) is 11.1 Å². The molecule has 0 radical (unpaired) electrons.